The van der Waals surface area contributed by atoms with Crippen LogP contribution in [0, 0.1) is 0 Å². The molecule has 0 saturated heterocycles. The molecule has 0 amide bonds. The maximum absolute atomic E-state index is 4.12. The van der Waals surface area contributed by atoms with E-state index in [4.69, 9.17) is 0 Å². The molecule has 1 aromatic carbocycles. The van der Waals surface area contributed by atoms with Crippen LogP contribution in [-0.2, 0) is 13.0 Å². The van der Waals surface area contributed by atoms with Gasteiger partial charge in [-0.1, -0.05) is 30.4 Å². The van der Waals surface area contributed by atoms with Crippen LogP contribution in [0.2, 0.25) is 0 Å². The summed E-state index contributed by atoms with van der Waals surface area (Å²) >= 11 is 1.62. The van der Waals surface area contributed by atoms with E-state index in [0.29, 0.717) is 0 Å². The lowest BCUT2D eigenvalue weighted by atomic mass is 10.1. The highest BCUT2D eigenvalue weighted by atomic mass is 32.1. The summed E-state index contributed by atoms with van der Waals surface area (Å²) in [5.74, 6) is 0. The molecule has 0 aliphatic heterocycles. The molecule has 0 aliphatic carbocycles. The largest absolute Gasteiger partial charge is 0.361 e. The summed E-state index contributed by atoms with van der Waals surface area (Å²) in [5.41, 5.74) is 2.43. The van der Waals surface area contributed by atoms with Crippen LogP contribution in [0.1, 0.15) is 17.5 Å². The number of benzene rings is 1. The quantitative estimate of drug-likeness (QED) is 0.755. The third-order valence-corrected chi connectivity index (χ3v) is 3.91. The Bertz CT molecular complexity index is 656. The van der Waals surface area contributed by atoms with Gasteiger partial charge in [0.1, 0.15) is 5.01 Å². The molecule has 0 saturated carbocycles. The lowest BCUT2D eigenvalue weighted by Gasteiger charge is -2.03. The third kappa shape index (κ3) is 2.09. The van der Waals surface area contributed by atoms with Gasteiger partial charge in [-0.05, 0) is 24.1 Å². The Balaban J connectivity index is 1.78. The van der Waals surface area contributed by atoms with Gasteiger partial charge in [0.2, 0.25) is 5.13 Å². The molecule has 3 rings (SSSR count). The number of nitrogens with zero attached hydrogens (tertiary/aromatic N) is 2. The van der Waals surface area contributed by atoms with Gasteiger partial charge in [0.25, 0.3) is 0 Å². The summed E-state index contributed by atoms with van der Waals surface area (Å²) < 4.78 is 0. The van der Waals surface area contributed by atoms with Gasteiger partial charge in [0.05, 0.1) is 0 Å². The summed E-state index contributed by atoms with van der Waals surface area (Å²) in [7, 11) is 0. The summed E-state index contributed by atoms with van der Waals surface area (Å²) in [5, 5.41) is 14.8. The molecular formula is C13H14N4S. The number of hydrogen-bond acceptors (Lipinski definition) is 4. The first-order valence-electron chi connectivity index (χ1n) is 5.98. The second kappa shape index (κ2) is 4.78. The van der Waals surface area contributed by atoms with Crippen LogP contribution in [0.3, 0.4) is 0 Å². The lowest BCUT2D eigenvalue weighted by Crippen LogP contribution is -1.99. The monoisotopic (exact) mass is 258 g/mol. The average Bonchev–Trinajstić information content (AvgIpc) is 3.05. The van der Waals surface area contributed by atoms with Crippen molar-refractivity contribution in [1.82, 2.24) is 15.2 Å². The van der Waals surface area contributed by atoms with E-state index in [0.717, 1.165) is 23.1 Å². The Morgan fingerprint density at radius 2 is 2.22 bits per heavy atom. The highest BCUT2D eigenvalue weighted by Gasteiger charge is 2.04. The molecule has 0 spiro atoms. The van der Waals surface area contributed by atoms with Gasteiger partial charge in [-0.25, -0.2) is 0 Å². The molecule has 5 heteroatoms. The SMILES string of the molecule is CCc1nnc(NCc2cccc3[nH]ccc23)s1. The fraction of sp³-hybridized carbons (Fsp3) is 0.231. The average molecular weight is 258 g/mol. The van der Waals surface area contributed by atoms with Gasteiger partial charge >= 0.3 is 0 Å². The second-order valence-electron chi connectivity index (χ2n) is 4.06. The Morgan fingerprint density at radius 3 is 3.06 bits per heavy atom. The minimum Gasteiger partial charge on any atom is -0.361 e. The Morgan fingerprint density at radius 1 is 1.28 bits per heavy atom. The zero-order valence-corrected chi connectivity index (χ0v) is 10.9. The number of aromatic amines is 1. The first-order chi connectivity index (χ1) is 8.86. The van der Waals surface area contributed by atoms with Crippen LogP contribution in [0.15, 0.2) is 30.5 Å². The predicted molar refractivity (Wildman–Crippen MR) is 74.9 cm³/mol. The molecular weight excluding hydrogens is 244 g/mol. The van der Waals surface area contributed by atoms with E-state index in [2.05, 4.69) is 51.7 Å². The van der Waals surface area contributed by atoms with Crippen LogP contribution >= 0.6 is 11.3 Å². The molecule has 0 fully saturated rings. The number of aryl methyl sites for hydroxylation is 1. The van der Waals surface area contributed by atoms with Crippen molar-refractivity contribution in [3.8, 4) is 0 Å². The van der Waals surface area contributed by atoms with Crippen LogP contribution in [0.5, 0.6) is 0 Å². The molecule has 2 N–H and O–H groups in total. The summed E-state index contributed by atoms with van der Waals surface area (Å²) in [6.45, 7) is 2.86. The van der Waals surface area contributed by atoms with E-state index in [-0.39, 0.29) is 0 Å². The third-order valence-electron chi connectivity index (χ3n) is 2.88. The Labute approximate surface area is 109 Å². The van der Waals surface area contributed by atoms with Crippen LogP contribution in [-0.4, -0.2) is 15.2 Å². The van der Waals surface area contributed by atoms with E-state index in [9.17, 15) is 0 Å². The van der Waals surface area contributed by atoms with Crippen molar-refractivity contribution in [2.75, 3.05) is 5.32 Å². The Kier molecular flexibility index (Phi) is 2.98. The first kappa shape index (κ1) is 11.2. The van der Waals surface area contributed by atoms with Gasteiger partial charge in [-0.3, -0.25) is 0 Å². The maximum atomic E-state index is 4.12. The number of nitrogens with one attached hydrogen (secondary N) is 2. The maximum Gasteiger partial charge on any atom is 0.205 e. The molecule has 4 nitrogen and oxygen atoms in total. The van der Waals surface area contributed by atoms with Gasteiger partial charge < -0.3 is 10.3 Å². The molecule has 2 aromatic heterocycles. The lowest BCUT2D eigenvalue weighted by molar-refractivity contribution is 0.976. The fourth-order valence-electron chi connectivity index (χ4n) is 1.94. The van der Waals surface area contributed by atoms with Crippen molar-refractivity contribution >= 4 is 27.4 Å². The van der Waals surface area contributed by atoms with Crippen LogP contribution in [0.4, 0.5) is 5.13 Å². The van der Waals surface area contributed by atoms with E-state index < -0.39 is 0 Å². The van der Waals surface area contributed by atoms with E-state index in [1.54, 1.807) is 11.3 Å². The Hall–Kier alpha value is -1.88. The second-order valence-corrected chi connectivity index (χ2v) is 5.13. The smallest absolute Gasteiger partial charge is 0.205 e. The molecule has 92 valence electrons. The number of H-pyrrole nitrogens is 1. The van der Waals surface area contributed by atoms with Crippen molar-refractivity contribution in [3.63, 3.8) is 0 Å². The molecule has 2 heterocycles. The van der Waals surface area contributed by atoms with Gasteiger partial charge in [0, 0.05) is 23.6 Å². The molecule has 0 atom stereocenters. The molecule has 0 radical (unpaired) electrons. The molecule has 0 unspecified atom stereocenters. The fourth-order valence-corrected chi connectivity index (χ4v) is 2.62. The predicted octanol–water partition coefficient (Wildman–Crippen LogP) is 3.19. The highest BCUT2D eigenvalue weighted by Crippen LogP contribution is 2.20. The van der Waals surface area contributed by atoms with Gasteiger partial charge in [-0.2, -0.15) is 0 Å². The number of fused-ring (bicyclic) bond motifs is 1. The standard InChI is InChI=1S/C13H14N4S/c1-2-12-16-17-13(18-12)15-8-9-4-3-5-11-10(9)6-7-14-11/h3-7,14H,2,8H2,1H3,(H,15,17). The number of anilines is 1. The van der Waals surface area contributed by atoms with E-state index in [1.165, 1.54) is 16.5 Å². The van der Waals surface area contributed by atoms with E-state index >= 15 is 0 Å². The van der Waals surface area contributed by atoms with E-state index in [1.807, 2.05) is 6.20 Å². The minimum absolute atomic E-state index is 0.771. The summed E-state index contributed by atoms with van der Waals surface area (Å²) in [4.78, 5) is 3.22. The van der Waals surface area contributed by atoms with Crippen molar-refractivity contribution in [2.45, 2.75) is 19.9 Å². The number of hydrogen-bond donors (Lipinski definition) is 2. The first-order valence-corrected chi connectivity index (χ1v) is 6.79. The van der Waals surface area contributed by atoms with Gasteiger partial charge in [0.15, 0.2) is 0 Å². The topological polar surface area (TPSA) is 53.6 Å². The summed E-state index contributed by atoms with van der Waals surface area (Å²) in [6, 6.07) is 8.38. The zero-order chi connectivity index (χ0) is 12.4. The summed E-state index contributed by atoms with van der Waals surface area (Å²) in [6.07, 6.45) is 2.90. The number of rotatable bonds is 4. The highest BCUT2D eigenvalue weighted by molar-refractivity contribution is 7.15. The number of aromatic nitrogens is 3. The molecule has 0 bridgehead atoms. The van der Waals surface area contributed by atoms with Crippen molar-refractivity contribution in [2.24, 2.45) is 0 Å². The normalized spacial score (nSPS) is 10.9. The van der Waals surface area contributed by atoms with Crippen molar-refractivity contribution in [1.29, 1.82) is 0 Å². The van der Waals surface area contributed by atoms with Crippen LogP contribution < -0.4 is 5.32 Å². The van der Waals surface area contributed by atoms with Crippen molar-refractivity contribution in [3.05, 3.63) is 41.0 Å². The zero-order valence-electron chi connectivity index (χ0n) is 10.1. The molecule has 3 aromatic rings. The molecule has 18 heavy (non-hydrogen) atoms. The molecule has 0 aliphatic rings. The minimum atomic E-state index is 0.771. The van der Waals surface area contributed by atoms with Crippen molar-refractivity contribution < 1.29 is 0 Å². The van der Waals surface area contributed by atoms with Crippen LogP contribution in [0.25, 0.3) is 10.9 Å². The van der Waals surface area contributed by atoms with Gasteiger partial charge in [-0.15, -0.1) is 10.2 Å².